The van der Waals surface area contributed by atoms with Crippen LogP contribution in [0.4, 0.5) is 0 Å². The van der Waals surface area contributed by atoms with Gasteiger partial charge in [-0.25, -0.2) is 8.61 Å². The molecule has 0 aromatic rings. The van der Waals surface area contributed by atoms with Gasteiger partial charge in [0.1, 0.15) is 0 Å². The largest absolute Gasteiger partial charge is 0.285 e. The van der Waals surface area contributed by atoms with Crippen LogP contribution >= 0.6 is 42.9 Å². The molecule has 0 aromatic heterocycles. The normalized spacial score (nSPS) is 39.5. The molecule has 2 heterocycles. The third-order valence-electron chi connectivity index (χ3n) is 2.60. The molecule has 0 saturated carbocycles. The molecule has 0 spiro atoms. The predicted molar refractivity (Wildman–Crippen MR) is 73.3 cm³/mol. The van der Waals surface area contributed by atoms with Gasteiger partial charge in [-0.1, -0.05) is 0 Å². The summed E-state index contributed by atoms with van der Waals surface area (Å²) < 4.78 is 14.3. The van der Waals surface area contributed by atoms with Gasteiger partial charge in [0.2, 0.25) is 0 Å². The SMILES string of the molecule is CC1(C)CN1SP(=O)(Br)SN1CC1(C)C. The average Bonchev–Trinajstić information content (AvgIpc) is 2.72. The highest BCUT2D eigenvalue weighted by Crippen LogP contribution is 2.80. The summed E-state index contributed by atoms with van der Waals surface area (Å²) in [5.74, 6) is 0. The smallest absolute Gasteiger partial charge is 0.280 e. The Hall–Kier alpha value is 1.33. The van der Waals surface area contributed by atoms with Crippen molar-refractivity contribution in [3.8, 4) is 0 Å². The van der Waals surface area contributed by atoms with Crippen LogP contribution in [0.25, 0.3) is 0 Å². The second-order valence-corrected chi connectivity index (χ2v) is 17.9. The fourth-order valence-corrected chi connectivity index (χ4v) is 10.6. The maximum atomic E-state index is 12.2. The Balaban J connectivity index is 1.84. The first-order valence-electron chi connectivity index (χ1n) is 4.87. The molecular formula is C8H16BrN2OPS2. The van der Waals surface area contributed by atoms with E-state index in [1.165, 1.54) is 23.1 Å². The lowest BCUT2D eigenvalue weighted by Crippen LogP contribution is -2.02. The summed E-state index contributed by atoms with van der Waals surface area (Å²) in [4.78, 5) is 0. The fourth-order valence-electron chi connectivity index (χ4n) is 1.16. The zero-order valence-electron chi connectivity index (χ0n) is 9.36. The van der Waals surface area contributed by atoms with E-state index in [0.29, 0.717) is 0 Å². The Morgan fingerprint density at radius 1 is 1.07 bits per heavy atom. The first-order chi connectivity index (χ1) is 6.62. The van der Waals surface area contributed by atoms with Crippen LogP contribution in [0, 0.1) is 0 Å². The molecule has 3 nitrogen and oxygen atoms in total. The molecule has 2 aliphatic heterocycles. The summed E-state index contributed by atoms with van der Waals surface area (Å²) in [6, 6.07) is 0. The summed E-state index contributed by atoms with van der Waals surface area (Å²) in [6.07, 6.45) is 0. The third kappa shape index (κ3) is 3.17. The third-order valence-corrected chi connectivity index (χ3v) is 10.5. The summed E-state index contributed by atoms with van der Waals surface area (Å²) in [5, 5.41) is 0. The molecule has 0 N–H and O–H groups in total. The minimum atomic E-state index is -2.34. The first-order valence-corrected chi connectivity index (χ1v) is 11.4. The van der Waals surface area contributed by atoms with E-state index in [1.807, 2.05) is 0 Å². The highest BCUT2D eigenvalue weighted by Gasteiger charge is 2.51. The monoisotopic (exact) mass is 330 g/mol. The molecule has 2 fully saturated rings. The van der Waals surface area contributed by atoms with Crippen LogP contribution in [0.2, 0.25) is 0 Å². The number of nitrogens with zero attached hydrogens (tertiary/aromatic N) is 2. The van der Waals surface area contributed by atoms with Crippen LogP contribution in [-0.4, -0.2) is 32.8 Å². The Bertz CT molecular complexity index is 309. The van der Waals surface area contributed by atoms with Crippen LogP contribution in [0.5, 0.6) is 0 Å². The van der Waals surface area contributed by atoms with Crippen molar-refractivity contribution >= 4 is 42.9 Å². The molecule has 0 amide bonds. The summed E-state index contributed by atoms with van der Waals surface area (Å²) >= 11 is 6.31. The number of halogens is 1. The summed E-state index contributed by atoms with van der Waals surface area (Å²) in [5.41, 5.74) is 0.451. The zero-order valence-corrected chi connectivity index (χ0v) is 13.5. The lowest BCUT2D eigenvalue weighted by Gasteiger charge is -2.13. The van der Waals surface area contributed by atoms with Crippen molar-refractivity contribution in [2.24, 2.45) is 0 Å². The molecule has 2 unspecified atom stereocenters. The van der Waals surface area contributed by atoms with Crippen LogP contribution in [-0.2, 0) is 4.57 Å². The fraction of sp³-hybridized carbons (Fsp3) is 1.00. The van der Waals surface area contributed by atoms with Gasteiger partial charge in [0, 0.05) is 62.8 Å². The van der Waals surface area contributed by atoms with Crippen LogP contribution in [0.1, 0.15) is 27.7 Å². The van der Waals surface area contributed by atoms with Gasteiger partial charge in [0.05, 0.1) is 0 Å². The molecule has 2 rings (SSSR count). The van der Waals surface area contributed by atoms with Crippen molar-refractivity contribution < 1.29 is 4.57 Å². The first kappa shape index (κ1) is 12.8. The van der Waals surface area contributed by atoms with E-state index in [-0.39, 0.29) is 11.1 Å². The molecular weight excluding hydrogens is 315 g/mol. The minimum absolute atomic E-state index is 0.225. The van der Waals surface area contributed by atoms with Crippen LogP contribution in [0.15, 0.2) is 0 Å². The lowest BCUT2D eigenvalue weighted by atomic mass is 10.2. The Kier molecular flexibility index (Phi) is 3.12. The highest BCUT2D eigenvalue weighted by molar-refractivity contribution is 9.58. The van der Waals surface area contributed by atoms with Crippen LogP contribution in [0.3, 0.4) is 0 Å². The molecule has 2 aliphatic rings. The second kappa shape index (κ2) is 3.66. The van der Waals surface area contributed by atoms with E-state index in [9.17, 15) is 4.57 Å². The lowest BCUT2D eigenvalue weighted by molar-refractivity contribution is 0.598. The van der Waals surface area contributed by atoms with Crippen molar-refractivity contribution in [2.45, 2.75) is 38.8 Å². The molecule has 7 heteroatoms. The van der Waals surface area contributed by atoms with Crippen molar-refractivity contribution in [3.63, 3.8) is 0 Å². The van der Waals surface area contributed by atoms with Crippen LogP contribution < -0.4 is 0 Å². The van der Waals surface area contributed by atoms with E-state index >= 15 is 0 Å². The maximum Gasteiger partial charge on any atom is 0.280 e. The quantitative estimate of drug-likeness (QED) is 0.441. The van der Waals surface area contributed by atoms with Gasteiger partial charge in [0.15, 0.2) is 0 Å². The molecule has 88 valence electrons. The van der Waals surface area contributed by atoms with Gasteiger partial charge >= 0.3 is 0 Å². The standard InChI is InChI=1S/C8H16BrN2OPS2/c1-7(2)5-10(7)14-13(9,12)15-11-6-8(11,3)4/h5-6H2,1-4H3. The van der Waals surface area contributed by atoms with Crippen molar-refractivity contribution in [2.75, 3.05) is 13.1 Å². The Labute approximate surface area is 108 Å². The van der Waals surface area contributed by atoms with Crippen molar-refractivity contribution in [1.29, 1.82) is 0 Å². The van der Waals surface area contributed by atoms with E-state index in [0.717, 1.165) is 13.1 Å². The van der Waals surface area contributed by atoms with Gasteiger partial charge in [-0.2, -0.15) is 0 Å². The average molecular weight is 331 g/mol. The zero-order chi connectivity index (χ0) is 11.5. The van der Waals surface area contributed by atoms with Crippen molar-refractivity contribution in [1.82, 2.24) is 8.61 Å². The predicted octanol–water partition coefficient (Wildman–Crippen LogP) is 3.97. The molecule has 2 atom stereocenters. The molecule has 0 radical (unpaired) electrons. The summed E-state index contributed by atoms with van der Waals surface area (Å²) in [7, 11) is 0. The van der Waals surface area contributed by atoms with E-state index < -0.39 is 4.25 Å². The number of hydrogen-bond acceptors (Lipinski definition) is 5. The maximum absolute atomic E-state index is 12.2. The molecule has 0 aromatic carbocycles. The molecule has 15 heavy (non-hydrogen) atoms. The van der Waals surface area contributed by atoms with Gasteiger partial charge < -0.3 is 0 Å². The van der Waals surface area contributed by atoms with E-state index in [4.69, 9.17) is 0 Å². The molecule has 0 aliphatic carbocycles. The number of hydrogen-bond donors (Lipinski definition) is 0. The number of rotatable bonds is 4. The van der Waals surface area contributed by atoms with Gasteiger partial charge in [-0.3, -0.25) is 4.57 Å². The molecule has 0 bridgehead atoms. The minimum Gasteiger partial charge on any atom is -0.285 e. The topological polar surface area (TPSA) is 23.1 Å². The van der Waals surface area contributed by atoms with Crippen molar-refractivity contribution in [3.05, 3.63) is 0 Å². The second-order valence-electron chi connectivity index (χ2n) is 5.29. The van der Waals surface area contributed by atoms with E-state index in [1.54, 1.807) is 0 Å². The van der Waals surface area contributed by atoms with Gasteiger partial charge in [0.25, 0.3) is 4.25 Å². The van der Waals surface area contributed by atoms with Gasteiger partial charge in [-0.15, -0.1) is 0 Å². The Morgan fingerprint density at radius 3 is 1.53 bits per heavy atom. The Morgan fingerprint density at radius 2 is 1.33 bits per heavy atom. The molecule has 2 saturated heterocycles. The van der Waals surface area contributed by atoms with Gasteiger partial charge in [-0.05, 0) is 27.7 Å². The highest BCUT2D eigenvalue weighted by atomic mass is 79.9. The van der Waals surface area contributed by atoms with E-state index in [2.05, 4.69) is 51.8 Å². The summed E-state index contributed by atoms with van der Waals surface area (Å²) in [6.45, 7) is 10.7.